The monoisotopic (exact) mass is 315 g/mol. The molecule has 0 aromatic heterocycles. The molecule has 1 aromatic carbocycles. The van der Waals surface area contributed by atoms with E-state index < -0.39 is 15.6 Å². The van der Waals surface area contributed by atoms with Gasteiger partial charge in [0.05, 0.1) is 26.4 Å². The zero-order chi connectivity index (χ0) is 15.5. The van der Waals surface area contributed by atoms with Crippen LogP contribution in [0, 0.1) is 0 Å². The predicted octanol–water partition coefficient (Wildman–Crippen LogP) is 1.29. The lowest BCUT2D eigenvalue weighted by atomic mass is 10.0. The molecule has 118 valence electrons. The maximum absolute atomic E-state index is 12.6. The van der Waals surface area contributed by atoms with Gasteiger partial charge in [0, 0.05) is 6.07 Å². The van der Waals surface area contributed by atoms with E-state index in [0.717, 1.165) is 12.8 Å². The molecule has 1 aromatic rings. The van der Waals surface area contributed by atoms with E-state index in [1.165, 1.54) is 20.3 Å². The van der Waals surface area contributed by atoms with Crippen LogP contribution in [0.4, 0.5) is 0 Å². The Hall–Kier alpha value is -1.31. The first-order valence-corrected chi connectivity index (χ1v) is 8.31. The minimum absolute atomic E-state index is 0.0177. The molecule has 2 N–H and O–H groups in total. The van der Waals surface area contributed by atoms with Crippen LogP contribution in [0.25, 0.3) is 0 Å². The minimum Gasteiger partial charge on any atom is -0.497 e. The molecule has 0 heterocycles. The highest BCUT2D eigenvalue weighted by Gasteiger charge is 2.38. The Kier molecular flexibility index (Phi) is 4.75. The molecule has 0 unspecified atom stereocenters. The van der Waals surface area contributed by atoms with Crippen LogP contribution < -0.4 is 14.2 Å². The van der Waals surface area contributed by atoms with E-state index in [1.807, 2.05) is 0 Å². The van der Waals surface area contributed by atoms with Crippen LogP contribution in [0.2, 0.25) is 0 Å². The third-order valence-corrected chi connectivity index (χ3v) is 5.47. The Morgan fingerprint density at radius 1 is 1.24 bits per heavy atom. The van der Waals surface area contributed by atoms with Gasteiger partial charge in [0.2, 0.25) is 10.0 Å². The number of aliphatic hydroxyl groups excluding tert-OH is 1. The van der Waals surface area contributed by atoms with Crippen LogP contribution in [0.3, 0.4) is 0 Å². The molecule has 1 fully saturated rings. The van der Waals surface area contributed by atoms with E-state index in [-0.39, 0.29) is 17.3 Å². The van der Waals surface area contributed by atoms with Crippen molar-refractivity contribution >= 4 is 10.0 Å². The summed E-state index contributed by atoms with van der Waals surface area (Å²) in [6.07, 6.45) is 3.07. The summed E-state index contributed by atoms with van der Waals surface area (Å²) < 4.78 is 38.1. The summed E-state index contributed by atoms with van der Waals surface area (Å²) in [6.45, 7) is -0.210. The van der Waals surface area contributed by atoms with Crippen molar-refractivity contribution in [2.45, 2.75) is 36.1 Å². The number of nitrogens with one attached hydrogen (secondary N) is 1. The Balaban J connectivity index is 2.39. The molecule has 0 saturated heterocycles. The number of methoxy groups -OCH3 is 2. The zero-order valence-corrected chi connectivity index (χ0v) is 13.1. The van der Waals surface area contributed by atoms with E-state index >= 15 is 0 Å². The summed E-state index contributed by atoms with van der Waals surface area (Å²) in [5.41, 5.74) is -0.771. The van der Waals surface area contributed by atoms with Crippen molar-refractivity contribution in [2.75, 3.05) is 20.8 Å². The van der Waals surface area contributed by atoms with Gasteiger partial charge in [-0.15, -0.1) is 0 Å². The van der Waals surface area contributed by atoms with Crippen molar-refractivity contribution in [3.63, 3.8) is 0 Å². The van der Waals surface area contributed by atoms with Gasteiger partial charge in [-0.25, -0.2) is 13.1 Å². The highest BCUT2D eigenvalue weighted by molar-refractivity contribution is 7.89. The van der Waals surface area contributed by atoms with Gasteiger partial charge < -0.3 is 14.6 Å². The summed E-state index contributed by atoms with van der Waals surface area (Å²) in [5, 5.41) is 9.57. The standard InChI is InChI=1S/C14H21NO5S/c1-19-11-5-6-12(20-2)13(9-11)21(17,18)15-14(10-16)7-3-4-8-14/h5-6,9,15-16H,3-4,7-8,10H2,1-2H3. The Labute approximate surface area is 125 Å². The predicted molar refractivity (Wildman–Crippen MR) is 78.2 cm³/mol. The Morgan fingerprint density at radius 3 is 2.43 bits per heavy atom. The molecule has 1 aliphatic rings. The summed E-state index contributed by atoms with van der Waals surface area (Å²) in [5.74, 6) is 0.676. The van der Waals surface area contributed by atoms with Gasteiger partial charge in [0.25, 0.3) is 0 Å². The van der Waals surface area contributed by atoms with Crippen molar-refractivity contribution < 1.29 is 23.0 Å². The van der Waals surface area contributed by atoms with Gasteiger partial charge in [0.1, 0.15) is 16.4 Å². The van der Waals surface area contributed by atoms with E-state index in [4.69, 9.17) is 9.47 Å². The van der Waals surface area contributed by atoms with Crippen LogP contribution in [0.5, 0.6) is 11.5 Å². The Bertz CT molecular complexity index is 593. The van der Waals surface area contributed by atoms with E-state index in [2.05, 4.69) is 4.72 Å². The van der Waals surface area contributed by atoms with Crippen molar-refractivity contribution in [1.29, 1.82) is 0 Å². The highest BCUT2D eigenvalue weighted by atomic mass is 32.2. The van der Waals surface area contributed by atoms with Crippen LogP contribution in [0.15, 0.2) is 23.1 Å². The number of ether oxygens (including phenoxy) is 2. The number of hydrogen-bond acceptors (Lipinski definition) is 5. The van der Waals surface area contributed by atoms with Crippen molar-refractivity contribution in [1.82, 2.24) is 4.72 Å². The van der Waals surface area contributed by atoms with E-state index in [1.54, 1.807) is 12.1 Å². The third-order valence-electron chi connectivity index (χ3n) is 3.87. The maximum atomic E-state index is 12.6. The van der Waals surface area contributed by atoms with Crippen LogP contribution in [-0.4, -0.2) is 39.9 Å². The molecule has 0 aliphatic heterocycles. The topological polar surface area (TPSA) is 84.9 Å². The summed E-state index contributed by atoms with van der Waals surface area (Å²) in [4.78, 5) is 0.0177. The Morgan fingerprint density at radius 2 is 1.90 bits per heavy atom. The molecule has 7 heteroatoms. The molecule has 0 atom stereocenters. The molecule has 2 rings (SSSR count). The number of benzene rings is 1. The molecule has 0 spiro atoms. The van der Waals surface area contributed by atoms with Crippen molar-refractivity contribution in [3.8, 4) is 11.5 Å². The third kappa shape index (κ3) is 3.30. The quantitative estimate of drug-likeness (QED) is 0.826. The van der Waals surface area contributed by atoms with Crippen LogP contribution >= 0.6 is 0 Å². The van der Waals surface area contributed by atoms with Gasteiger partial charge >= 0.3 is 0 Å². The largest absolute Gasteiger partial charge is 0.497 e. The summed E-state index contributed by atoms with van der Waals surface area (Å²) in [6, 6.07) is 4.60. The SMILES string of the molecule is COc1ccc(OC)c(S(=O)(=O)NC2(CO)CCCC2)c1. The summed E-state index contributed by atoms with van der Waals surface area (Å²) in [7, 11) is -0.920. The summed E-state index contributed by atoms with van der Waals surface area (Å²) >= 11 is 0. The average Bonchev–Trinajstić information content (AvgIpc) is 2.95. The lowest BCUT2D eigenvalue weighted by Crippen LogP contribution is -2.49. The van der Waals surface area contributed by atoms with Gasteiger partial charge in [-0.05, 0) is 25.0 Å². The maximum Gasteiger partial charge on any atom is 0.244 e. The molecule has 6 nitrogen and oxygen atoms in total. The number of rotatable bonds is 6. The molecule has 0 amide bonds. The molecule has 1 aliphatic carbocycles. The van der Waals surface area contributed by atoms with Gasteiger partial charge in [-0.1, -0.05) is 12.8 Å². The van der Waals surface area contributed by atoms with Gasteiger partial charge in [-0.3, -0.25) is 0 Å². The lowest BCUT2D eigenvalue weighted by Gasteiger charge is -2.28. The second kappa shape index (κ2) is 6.21. The van der Waals surface area contributed by atoms with Crippen LogP contribution in [-0.2, 0) is 10.0 Å². The van der Waals surface area contributed by atoms with E-state index in [0.29, 0.717) is 18.6 Å². The van der Waals surface area contributed by atoms with Crippen molar-refractivity contribution in [2.24, 2.45) is 0 Å². The number of sulfonamides is 1. The van der Waals surface area contributed by atoms with Crippen LogP contribution in [0.1, 0.15) is 25.7 Å². The second-order valence-corrected chi connectivity index (χ2v) is 6.92. The number of aliphatic hydroxyl groups is 1. The lowest BCUT2D eigenvalue weighted by molar-refractivity contribution is 0.185. The molecular weight excluding hydrogens is 294 g/mol. The number of hydrogen-bond donors (Lipinski definition) is 2. The molecule has 0 bridgehead atoms. The molecule has 1 saturated carbocycles. The van der Waals surface area contributed by atoms with Gasteiger partial charge in [0.15, 0.2) is 0 Å². The molecule has 21 heavy (non-hydrogen) atoms. The first-order chi connectivity index (χ1) is 9.96. The minimum atomic E-state index is -3.80. The van der Waals surface area contributed by atoms with Gasteiger partial charge in [-0.2, -0.15) is 0 Å². The first kappa shape index (κ1) is 16.1. The zero-order valence-electron chi connectivity index (χ0n) is 12.3. The van der Waals surface area contributed by atoms with Crippen molar-refractivity contribution in [3.05, 3.63) is 18.2 Å². The van der Waals surface area contributed by atoms with E-state index in [9.17, 15) is 13.5 Å². The fourth-order valence-corrected chi connectivity index (χ4v) is 4.31. The fourth-order valence-electron chi connectivity index (χ4n) is 2.68. The highest BCUT2D eigenvalue weighted by Crippen LogP contribution is 2.33. The smallest absolute Gasteiger partial charge is 0.244 e. The normalized spacial score (nSPS) is 17.7. The fraction of sp³-hybridized carbons (Fsp3) is 0.571. The first-order valence-electron chi connectivity index (χ1n) is 6.83. The second-order valence-electron chi connectivity index (χ2n) is 5.27. The molecule has 0 radical (unpaired) electrons. The average molecular weight is 315 g/mol. The molecular formula is C14H21NO5S.